The monoisotopic (exact) mass is 409 g/mol. The Hall–Kier alpha value is -2.51. The lowest BCUT2D eigenvalue weighted by Gasteiger charge is -2.22. The second-order valence-corrected chi connectivity index (χ2v) is 8.92. The van der Waals surface area contributed by atoms with Gasteiger partial charge in [0.15, 0.2) is 10.8 Å². The van der Waals surface area contributed by atoms with Crippen molar-refractivity contribution in [2.75, 3.05) is 6.54 Å². The van der Waals surface area contributed by atoms with E-state index in [1.54, 1.807) is 11.3 Å². The maximum absolute atomic E-state index is 13.0. The number of para-hydroxylation sites is 1. The summed E-state index contributed by atoms with van der Waals surface area (Å²) in [7, 11) is 0. The molecule has 0 bridgehead atoms. The highest BCUT2D eigenvalue weighted by atomic mass is 32.1. The minimum absolute atomic E-state index is 0.0794. The average Bonchev–Trinajstić information content (AvgIpc) is 3.46. The Morgan fingerprint density at radius 3 is 2.96 bits per heavy atom. The van der Waals surface area contributed by atoms with Crippen LogP contribution < -0.4 is 0 Å². The number of benzene rings is 1. The predicted octanol–water partition coefficient (Wildman–Crippen LogP) is 5.23. The molecule has 28 heavy (non-hydrogen) atoms. The van der Waals surface area contributed by atoms with Crippen LogP contribution in [-0.2, 0) is 11.2 Å². The summed E-state index contributed by atoms with van der Waals surface area (Å²) in [5.74, 6) is 1.74. The molecule has 4 aromatic rings. The summed E-state index contributed by atoms with van der Waals surface area (Å²) in [6.07, 6.45) is 2.30. The van der Waals surface area contributed by atoms with E-state index in [1.165, 1.54) is 16.0 Å². The van der Waals surface area contributed by atoms with E-state index in [2.05, 4.69) is 11.1 Å². The van der Waals surface area contributed by atoms with Gasteiger partial charge >= 0.3 is 0 Å². The van der Waals surface area contributed by atoms with Gasteiger partial charge in [-0.1, -0.05) is 12.1 Å². The van der Waals surface area contributed by atoms with Gasteiger partial charge in [-0.2, -0.15) is 0 Å². The zero-order valence-corrected chi connectivity index (χ0v) is 17.1. The smallest absolute Gasteiger partial charge is 0.229 e. The molecular formula is C21H19N3O2S2. The highest BCUT2D eigenvalue weighted by Crippen LogP contribution is 2.37. The molecular weight excluding hydrogens is 390 g/mol. The first kappa shape index (κ1) is 17.6. The Labute approximate surface area is 170 Å². The zero-order chi connectivity index (χ0) is 19.1. The maximum Gasteiger partial charge on any atom is 0.229 e. The third-order valence-corrected chi connectivity index (χ3v) is 7.05. The minimum Gasteiger partial charge on any atom is -0.459 e. The van der Waals surface area contributed by atoms with Gasteiger partial charge in [-0.15, -0.1) is 22.7 Å². The molecule has 1 aliphatic rings. The molecule has 0 aliphatic carbocycles. The fourth-order valence-electron chi connectivity index (χ4n) is 3.66. The van der Waals surface area contributed by atoms with Gasteiger partial charge in [-0.25, -0.2) is 9.97 Å². The number of hydrogen-bond donors (Lipinski definition) is 0. The number of carbonyl (C=O) groups is 1. The van der Waals surface area contributed by atoms with E-state index in [9.17, 15) is 4.79 Å². The van der Waals surface area contributed by atoms with Gasteiger partial charge in [0.2, 0.25) is 5.91 Å². The highest BCUT2D eigenvalue weighted by Gasteiger charge is 2.32. The van der Waals surface area contributed by atoms with E-state index >= 15 is 0 Å². The molecule has 1 aromatic carbocycles. The van der Waals surface area contributed by atoms with Gasteiger partial charge in [0.1, 0.15) is 10.8 Å². The minimum atomic E-state index is 0.0794. The Kier molecular flexibility index (Phi) is 4.49. The van der Waals surface area contributed by atoms with Crippen LogP contribution >= 0.6 is 22.7 Å². The van der Waals surface area contributed by atoms with Crippen molar-refractivity contribution in [2.45, 2.75) is 32.2 Å². The molecule has 1 saturated heterocycles. The summed E-state index contributed by atoms with van der Waals surface area (Å²) >= 11 is 3.21. The van der Waals surface area contributed by atoms with Crippen molar-refractivity contribution >= 4 is 38.8 Å². The average molecular weight is 410 g/mol. The number of furan rings is 1. The molecule has 1 aliphatic heterocycles. The molecule has 4 heterocycles. The highest BCUT2D eigenvalue weighted by molar-refractivity contribution is 7.18. The summed E-state index contributed by atoms with van der Waals surface area (Å²) in [4.78, 5) is 24.4. The van der Waals surface area contributed by atoms with Gasteiger partial charge in [0.25, 0.3) is 0 Å². The van der Waals surface area contributed by atoms with E-state index in [1.807, 2.05) is 47.5 Å². The zero-order valence-electron chi connectivity index (χ0n) is 15.4. The molecule has 142 valence electrons. The van der Waals surface area contributed by atoms with Crippen molar-refractivity contribution in [3.05, 3.63) is 58.2 Å². The Morgan fingerprint density at radius 1 is 1.25 bits per heavy atom. The number of fused-ring (bicyclic) bond motifs is 1. The van der Waals surface area contributed by atoms with Crippen LogP contribution in [0.1, 0.15) is 35.3 Å². The number of aryl methyl sites for hydroxylation is 1. The Bertz CT molecular complexity index is 1110. The SMILES string of the molecule is Cc1ccc(-c2nc(CC(=O)N3CCCC3c3nc4ccccc4s3)cs2)o1. The molecule has 1 fully saturated rings. The third kappa shape index (κ3) is 3.25. The normalized spacial score (nSPS) is 16.9. The molecule has 1 unspecified atom stereocenters. The fraction of sp³-hybridized carbons (Fsp3) is 0.286. The molecule has 0 N–H and O–H groups in total. The number of likely N-dealkylation sites (tertiary alicyclic amines) is 1. The van der Waals surface area contributed by atoms with Crippen LogP contribution in [0.15, 0.2) is 46.2 Å². The third-order valence-electron chi connectivity index (χ3n) is 5.00. The van der Waals surface area contributed by atoms with Crippen LogP contribution in [0.3, 0.4) is 0 Å². The van der Waals surface area contributed by atoms with Crippen molar-refractivity contribution in [3.63, 3.8) is 0 Å². The van der Waals surface area contributed by atoms with Gasteiger partial charge in [-0.05, 0) is 44.0 Å². The molecule has 7 heteroatoms. The van der Waals surface area contributed by atoms with E-state index < -0.39 is 0 Å². The molecule has 5 rings (SSSR count). The standard InChI is InChI=1S/C21H19N3O2S2/c1-13-8-9-17(26-13)21-22-14(12-27-21)11-19(25)24-10-4-6-16(24)20-23-15-5-2-3-7-18(15)28-20/h2-3,5,7-9,12,16H,4,6,10-11H2,1H3. The molecule has 0 spiro atoms. The first-order valence-corrected chi connectivity index (χ1v) is 11.0. The summed E-state index contributed by atoms with van der Waals surface area (Å²) in [5.41, 5.74) is 1.81. The van der Waals surface area contributed by atoms with Crippen molar-refractivity contribution in [3.8, 4) is 10.8 Å². The summed E-state index contributed by atoms with van der Waals surface area (Å²) in [5, 5.41) is 3.81. The van der Waals surface area contributed by atoms with Gasteiger partial charge in [-0.3, -0.25) is 4.79 Å². The summed E-state index contributed by atoms with van der Waals surface area (Å²) in [6, 6.07) is 12.1. The molecule has 0 radical (unpaired) electrons. The summed E-state index contributed by atoms with van der Waals surface area (Å²) in [6.45, 7) is 2.70. The van der Waals surface area contributed by atoms with Crippen LogP contribution in [0.5, 0.6) is 0 Å². The number of carbonyl (C=O) groups excluding carboxylic acids is 1. The Morgan fingerprint density at radius 2 is 2.14 bits per heavy atom. The lowest BCUT2D eigenvalue weighted by molar-refractivity contribution is -0.131. The predicted molar refractivity (Wildman–Crippen MR) is 112 cm³/mol. The van der Waals surface area contributed by atoms with Gasteiger partial charge in [0, 0.05) is 11.9 Å². The lowest BCUT2D eigenvalue weighted by atomic mass is 10.2. The van der Waals surface area contributed by atoms with Gasteiger partial charge in [0.05, 0.1) is 28.4 Å². The van der Waals surface area contributed by atoms with Crippen molar-refractivity contribution in [1.29, 1.82) is 0 Å². The number of nitrogens with zero attached hydrogens (tertiary/aromatic N) is 3. The van der Waals surface area contributed by atoms with Crippen LogP contribution in [-0.4, -0.2) is 27.3 Å². The largest absolute Gasteiger partial charge is 0.459 e. The van der Waals surface area contributed by atoms with Crippen LogP contribution in [0, 0.1) is 6.92 Å². The number of thiazole rings is 2. The Balaban J connectivity index is 1.33. The fourth-order valence-corrected chi connectivity index (χ4v) is 5.56. The molecule has 1 amide bonds. The molecule has 5 nitrogen and oxygen atoms in total. The van der Waals surface area contributed by atoms with Crippen LogP contribution in [0.25, 0.3) is 21.0 Å². The second kappa shape index (κ2) is 7.14. The number of hydrogen-bond acceptors (Lipinski definition) is 6. The van der Waals surface area contributed by atoms with E-state index in [4.69, 9.17) is 9.40 Å². The summed E-state index contributed by atoms with van der Waals surface area (Å²) < 4.78 is 6.81. The first-order valence-electron chi connectivity index (χ1n) is 9.33. The second-order valence-electron chi connectivity index (χ2n) is 7.00. The quantitative estimate of drug-likeness (QED) is 0.463. The van der Waals surface area contributed by atoms with Crippen molar-refractivity contribution in [2.24, 2.45) is 0 Å². The number of aromatic nitrogens is 2. The van der Waals surface area contributed by atoms with Gasteiger partial charge < -0.3 is 9.32 Å². The molecule has 3 aromatic heterocycles. The molecule has 0 saturated carbocycles. The number of amides is 1. The van der Waals surface area contributed by atoms with E-state index in [0.717, 1.165) is 52.1 Å². The maximum atomic E-state index is 13.0. The topological polar surface area (TPSA) is 59.2 Å². The lowest BCUT2D eigenvalue weighted by Crippen LogP contribution is -2.31. The van der Waals surface area contributed by atoms with Crippen molar-refractivity contribution < 1.29 is 9.21 Å². The molecule has 1 atom stereocenters. The van der Waals surface area contributed by atoms with Crippen LogP contribution in [0.2, 0.25) is 0 Å². The van der Waals surface area contributed by atoms with E-state index in [0.29, 0.717) is 6.42 Å². The number of rotatable bonds is 4. The first-order chi connectivity index (χ1) is 13.7. The van der Waals surface area contributed by atoms with E-state index in [-0.39, 0.29) is 11.9 Å². The van der Waals surface area contributed by atoms with Crippen molar-refractivity contribution in [1.82, 2.24) is 14.9 Å². The van der Waals surface area contributed by atoms with Crippen LogP contribution in [0.4, 0.5) is 0 Å².